The van der Waals surface area contributed by atoms with Gasteiger partial charge in [0.15, 0.2) is 5.13 Å². The molecular formula is C20H23N5O5S. The van der Waals surface area contributed by atoms with Gasteiger partial charge in [-0.25, -0.2) is 4.98 Å². The number of anilines is 1. The van der Waals surface area contributed by atoms with E-state index in [0.717, 1.165) is 13.1 Å². The van der Waals surface area contributed by atoms with Crippen LogP contribution in [0, 0.1) is 10.1 Å². The van der Waals surface area contributed by atoms with Gasteiger partial charge in [0.25, 0.3) is 5.69 Å². The Balaban J connectivity index is 1.63. The third-order valence-electron chi connectivity index (χ3n) is 4.64. The first-order valence-corrected chi connectivity index (χ1v) is 10.6. The molecule has 1 aromatic carbocycles. The number of ether oxygens (including phenoxy) is 1. The van der Waals surface area contributed by atoms with Crippen LogP contribution in [0.4, 0.5) is 10.8 Å². The molecule has 3 rings (SSSR count). The van der Waals surface area contributed by atoms with Crippen LogP contribution in [0.25, 0.3) is 6.08 Å². The quantitative estimate of drug-likeness (QED) is 0.356. The van der Waals surface area contributed by atoms with Crippen LogP contribution >= 0.6 is 11.3 Å². The molecule has 11 heteroatoms. The molecule has 0 bridgehead atoms. The fourth-order valence-electron chi connectivity index (χ4n) is 2.95. The summed E-state index contributed by atoms with van der Waals surface area (Å²) < 4.78 is 5.34. The second kappa shape index (κ2) is 11.3. The maximum atomic E-state index is 12.8. The maximum Gasteiger partial charge on any atom is 0.269 e. The Morgan fingerprint density at radius 2 is 2.03 bits per heavy atom. The Morgan fingerprint density at radius 1 is 1.29 bits per heavy atom. The van der Waals surface area contributed by atoms with Crippen LogP contribution in [0.2, 0.25) is 0 Å². The van der Waals surface area contributed by atoms with Crippen LogP contribution in [0.15, 0.2) is 41.9 Å². The smallest absolute Gasteiger partial charge is 0.269 e. The number of aromatic nitrogens is 1. The van der Waals surface area contributed by atoms with Crippen molar-refractivity contribution in [2.75, 3.05) is 51.3 Å². The molecule has 0 spiro atoms. The number of hydrogen-bond donors (Lipinski definition) is 1. The highest BCUT2D eigenvalue weighted by molar-refractivity contribution is 7.13. The van der Waals surface area contributed by atoms with Crippen LogP contribution in [0.3, 0.4) is 0 Å². The molecule has 2 amide bonds. The normalized spacial score (nSPS) is 14.5. The number of nitro groups is 1. The largest absolute Gasteiger partial charge is 0.379 e. The molecular weight excluding hydrogens is 422 g/mol. The van der Waals surface area contributed by atoms with Gasteiger partial charge in [-0.1, -0.05) is 0 Å². The molecule has 1 saturated heterocycles. The summed E-state index contributed by atoms with van der Waals surface area (Å²) in [5.74, 6) is -0.644. The molecule has 1 fully saturated rings. The maximum absolute atomic E-state index is 12.8. The van der Waals surface area contributed by atoms with E-state index in [1.807, 2.05) is 0 Å². The van der Waals surface area contributed by atoms with Crippen molar-refractivity contribution in [3.05, 3.63) is 57.6 Å². The van der Waals surface area contributed by atoms with E-state index in [1.54, 1.807) is 29.8 Å². The van der Waals surface area contributed by atoms with E-state index >= 15 is 0 Å². The Hall–Kier alpha value is -3.15. The zero-order valence-corrected chi connectivity index (χ0v) is 17.6. The van der Waals surface area contributed by atoms with Gasteiger partial charge < -0.3 is 15.0 Å². The number of benzene rings is 1. The predicted molar refractivity (Wildman–Crippen MR) is 117 cm³/mol. The van der Waals surface area contributed by atoms with E-state index in [9.17, 15) is 19.7 Å². The molecule has 0 aliphatic carbocycles. The molecule has 1 N–H and O–H groups in total. The van der Waals surface area contributed by atoms with E-state index in [0.29, 0.717) is 37.0 Å². The van der Waals surface area contributed by atoms with Gasteiger partial charge in [-0.3, -0.25) is 24.6 Å². The number of rotatable bonds is 9. The summed E-state index contributed by atoms with van der Waals surface area (Å²) in [4.78, 5) is 43.1. The topological polar surface area (TPSA) is 118 Å². The first-order valence-electron chi connectivity index (χ1n) is 9.72. The van der Waals surface area contributed by atoms with Gasteiger partial charge in [0.2, 0.25) is 11.8 Å². The van der Waals surface area contributed by atoms with E-state index in [1.165, 1.54) is 34.4 Å². The number of nitrogens with one attached hydrogen (secondary N) is 1. The van der Waals surface area contributed by atoms with Crippen molar-refractivity contribution in [3.63, 3.8) is 0 Å². The standard InChI is InChI=1S/C20H23N5O5S/c26-18(22-20-21-7-14-31-20)15-24(9-8-23-10-12-30-13-11-23)19(27)6-3-16-1-4-17(5-2-16)25(28)29/h1-7,14H,8-13,15H2,(H,21,22,26). The van der Waals surface area contributed by atoms with Crippen molar-refractivity contribution in [1.29, 1.82) is 0 Å². The number of morpholine rings is 1. The summed E-state index contributed by atoms with van der Waals surface area (Å²) in [6, 6.07) is 5.88. The highest BCUT2D eigenvalue weighted by Gasteiger charge is 2.18. The average molecular weight is 446 g/mol. The first-order chi connectivity index (χ1) is 15.0. The second-order valence-corrected chi connectivity index (χ2v) is 7.68. The van der Waals surface area contributed by atoms with Gasteiger partial charge >= 0.3 is 0 Å². The summed E-state index contributed by atoms with van der Waals surface area (Å²) in [6.07, 6.45) is 4.54. The van der Waals surface area contributed by atoms with E-state index in [4.69, 9.17) is 4.74 Å². The van der Waals surface area contributed by atoms with Crippen molar-refractivity contribution in [1.82, 2.24) is 14.8 Å². The summed E-state index contributed by atoms with van der Waals surface area (Å²) in [7, 11) is 0. The Morgan fingerprint density at radius 3 is 2.68 bits per heavy atom. The lowest BCUT2D eigenvalue weighted by Gasteiger charge is -2.29. The Kier molecular flexibility index (Phi) is 8.21. The molecule has 1 aliphatic heterocycles. The summed E-state index contributed by atoms with van der Waals surface area (Å²) in [5.41, 5.74) is 0.633. The fraction of sp³-hybridized carbons (Fsp3) is 0.350. The van der Waals surface area contributed by atoms with Crippen LogP contribution in [-0.2, 0) is 14.3 Å². The molecule has 1 aromatic heterocycles. The van der Waals surface area contributed by atoms with Crippen molar-refractivity contribution in [2.45, 2.75) is 0 Å². The number of thiazole rings is 1. The molecule has 0 saturated carbocycles. The second-order valence-electron chi connectivity index (χ2n) is 6.78. The monoisotopic (exact) mass is 445 g/mol. The molecule has 0 radical (unpaired) electrons. The highest BCUT2D eigenvalue weighted by Crippen LogP contribution is 2.13. The molecule has 2 heterocycles. The molecule has 10 nitrogen and oxygen atoms in total. The lowest BCUT2D eigenvalue weighted by molar-refractivity contribution is -0.384. The van der Waals surface area contributed by atoms with Crippen molar-refractivity contribution in [3.8, 4) is 0 Å². The molecule has 31 heavy (non-hydrogen) atoms. The lowest BCUT2D eigenvalue weighted by atomic mass is 10.2. The van der Waals surface area contributed by atoms with Gasteiger partial charge in [0, 0.05) is 56.0 Å². The van der Waals surface area contributed by atoms with Crippen LogP contribution in [0.5, 0.6) is 0 Å². The minimum atomic E-state index is -0.479. The van der Waals surface area contributed by atoms with Gasteiger partial charge in [-0.05, 0) is 23.8 Å². The van der Waals surface area contributed by atoms with E-state index in [2.05, 4.69) is 15.2 Å². The summed E-state index contributed by atoms with van der Waals surface area (Å²) in [6.45, 7) is 3.78. The van der Waals surface area contributed by atoms with Gasteiger partial charge in [-0.15, -0.1) is 11.3 Å². The summed E-state index contributed by atoms with van der Waals surface area (Å²) in [5, 5.41) is 15.7. The van der Waals surface area contributed by atoms with Crippen LogP contribution in [0.1, 0.15) is 5.56 Å². The Labute approximate surface area is 183 Å². The lowest BCUT2D eigenvalue weighted by Crippen LogP contribution is -2.45. The number of non-ortho nitro benzene ring substituents is 1. The third-order valence-corrected chi connectivity index (χ3v) is 5.33. The molecule has 164 valence electrons. The Bertz CT molecular complexity index is 911. The zero-order valence-electron chi connectivity index (χ0n) is 16.8. The van der Waals surface area contributed by atoms with E-state index in [-0.39, 0.29) is 24.0 Å². The summed E-state index contributed by atoms with van der Waals surface area (Å²) >= 11 is 1.30. The first kappa shape index (κ1) is 22.5. The number of carbonyl (C=O) groups excluding carboxylic acids is 2. The average Bonchev–Trinajstić information content (AvgIpc) is 3.28. The van der Waals surface area contributed by atoms with Gasteiger partial charge in [0.05, 0.1) is 18.1 Å². The zero-order chi connectivity index (χ0) is 22.1. The van der Waals surface area contributed by atoms with Crippen LogP contribution in [-0.4, -0.2) is 77.5 Å². The number of nitrogens with zero attached hydrogens (tertiary/aromatic N) is 4. The minimum absolute atomic E-state index is 0.0190. The van der Waals surface area contributed by atoms with Gasteiger partial charge in [0.1, 0.15) is 6.54 Å². The molecule has 2 aromatic rings. The van der Waals surface area contributed by atoms with Gasteiger partial charge in [-0.2, -0.15) is 0 Å². The highest BCUT2D eigenvalue weighted by atomic mass is 32.1. The number of hydrogen-bond acceptors (Lipinski definition) is 8. The minimum Gasteiger partial charge on any atom is -0.379 e. The fourth-order valence-corrected chi connectivity index (χ4v) is 3.50. The van der Waals surface area contributed by atoms with Crippen LogP contribution < -0.4 is 5.32 Å². The molecule has 0 atom stereocenters. The number of amides is 2. The molecule has 1 aliphatic rings. The van der Waals surface area contributed by atoms with E-state index < -0.39 is 4.92 Å². The van der Waals surface area contributed by atoms with Crippen molar-refractivity contribution in [2.24, 2.45) is 0 Å². The van der Waals surface area contributed by atoms with Crippen molar-refractivity contribution >= 4 is 40.0 Å². The predicted octanol–water partition coefficient (Wildman–Crippen LogP) is 1.86. The van der Waals surface area contributed by atoms with Crippen molar-refractivity contribution < 1.29 is 19.2 Å². The number of carbonyl (C=O) groups is 2. The third kappa shape index (κ3) is 7.24. The number of nitro benzene ring substituents is 1. The molecule has 0 unspecified atom stereocenters. The SMILES string of the molecule is O=C(CN(CCN1CCOCC1)C(=O)C=Cc1ccc([N+](=O)[O-])cc1)Nc1nccs1.